The SMILES string of the molecule is CC(=O)OC1CCC2(C)C3C(=O)CC4(C)C(C(C)CCCC(C)C)CCC4(C)C3CCC2C1(C)C. The summed E-state index contributed by atoms with van der Waals surface area (Å²) in [5.41, 5.74) is 0.323. The molecule has 9 unspecified atom stereocenters. The number of hydrogen-bond acceptors (Lipinski definition) is 3. The Morgan fingerprint density at radius 3 is 2.26 bits per heavy atom. The number of fused-ring (bicyclic) bond motifs is 5. The molecule has 0 amide bonds. The lowest BCUT2D eigenvalue weighted by atomic mass is 9.37. The summed E-state index contributed by atoms with van der Waals surface area (Å²) in [5.74, 6) is 3.65. The molecule has 0 spiro atoms. The molecular formula is C32H54O3. The molecule has 0 aromatic rings. The topological polar surface area (TPSA) is 43.4 Å². The van der Waals surface area contributed by atoms with Crippen LogP contribution in [-0.2, 0) is 14.3 Å². The third kappa shape index (κ3) is 4.14. The van der Waals surface area contributed by atoms with Gasteiger partial charge in [-0.1, -0.05) is 74.7 Å². The van der Waals surface area contributed by atoms with E-state index in [2.05, 4.69) is 55.4 Å². The maximum Gasteiger partial charge on any atom is 0.302 e. The molecule has 3 heteroatoms. The highest BCUT2D eigenvalue weighted by Crippen LogP contribution is 2.74. The molecule has 0 aromatic carbocycles. The van der Waals surface area contributed by atoms with Crippen molar-refractivity contribution in [3.63, 3.8) is 0 Å². The molecule has 35 heavy (non-hydrogen) atoms. The molecule has 0 bridgehead atoms. The first-order valence-corrected chi connectivity index (χ1v) is 14.9. The molecule has 200 valence electrons. The van der Waals surface area contributed by atoms with Gasteiger partial charge in [0.25, 0.3) is 0 Å². The van der Waals surface area contributed by atoms with Gasteiger partial charge in [0.1, 0.15) is 11.9 Å². The van der Waals surface area contributed by atoms with E-state index in [4.69, 9.17) is 4.74 Å². The van der Waals surface area contributed by atoms with Crippen molar-refractivity contribution in [1.82, 2.24) is 0 Å². The minimum Gasteiger partial charge on any atom is -0.462 e. The number of ether oxygens (including phenoxy) is 1. The van der Waals surface area contributed by atoms with E-state index in [9.17, 15) is 9.59 Å². The van der Waals surface area contributed by atoms with Gasteiger partial charge in [0.2, 0.25) is 0 Å². The molecule has 4 aliphatic rings. The zero-order valence-corrected chi connectivity index (χ0v) is 24.3. The van der Waals surface area contributed by atoms with Crippen LogP contribution in [0.25, 0.3) is 0 Å². The number of ketones is 1. The van der Waals surface area contributed by atoms with E-state index in [0.717, 1.165) is 38.0 Å². The fraction of sp³-hybridized carbons (Fsp3) is 0.938. The van der Waals surface area contributed by atoms with E-state index in [1.54, 1.807) is 0 Å². The summed E-state index contributed by atoms with van der Waals surface area (Å²) in [4.78, 5) is 26.1. The van der Waals surface area contributed by atoms with E-state index < -0.39 is 0 Å². The van der Waals surface area contributed by atoms with Gasteiger partial charge in [0.15, 0.2) is 0 Å². The van der Waals surface area contributed by atoms with Crippen LogP contribution >= 0.6 is 0 Å². The maximum atomic E-state index is 14.2. The first kappa shape index (κ1) is 27.2. The Morgan fingerprint density at radius 1 is 0.943 bits per heavy atom. The predicted molar refractivity (Wildman–Crippen MR) is 143 cm³/mol. The van der Waals surface area contributed by atoms with Crippen LogP contribution in [0, 0.1) is 57.2 Å². The van der Waals surface area contributed by atoms with Crippen LogP contribution in [0.2, 0.25) is 0 Å². The zero-order chi connectivity index (χ0) is 26.0. The van der Waals surface area contributed by atoms with Crippen LogP contribution in [0.3, 0.4) is 0 Å². The summed E-state index contributed by atoms with van der Waals surface area (Å²) in [5, 5.41) is 0. The quantitative estimate of drug-likeness (QED) is 0.355. The summed E-state index contributed by atoms with van der Waals surface area (Å²) in [6, 6.07) is 0. The van der Waals surface area contributed by atoms with Crippen molar-refractivity contribution in [2.45, 2.75) is 133 Å². The minimum atomic E-state index is -0.170. The molecule has 4 aliphatic carbocycles. The van der Waals surface area contributed by atoms with Gasteiger partial charge in [-0.2, -0.15) is 0 Å². The second-order valence-electron chi connectivity index (χ2n) is 15.1. The van der Waals surface area contributed by atoms with E-state index in [1.165, 1.54) is 39.0 Å². The zero-order valence-electron chi connectivity index (χ0n) is 24.3. The lowest BCUT2D eigenvalue weighted by Crippen LogP contribution is -2.64. The van der Waals surface area contributed by atoms with Crippen LogP contribution in [0.15, 0.2) is 0 Å². The first-order chi connectivity index (χ1) is 16.2. The summed E-state index contributed by atoms with van der Waals surface area (Å²) < 4.78 is 5.83. The van der Waals surface area contributed by atoms with Gasteiger partial charge < -0.3 is 4.74 Å². The Bertz CT molecular complexity index is 829. The molecule has 0 heterocycles. The Balaban J connectivity index is 1.60. The van der Waals surface area contributed by atoms with Gasteiger partial charge in [-0.05, 0) is 84.4 Å². The molecule has 9 atom stereocenters. The van der Waals surface area contributed by atoms with Crippen molar-refractivity contribution >= 4 is 11.8 Å². The lowest BCUT2D eigenvalue weighted by Gasteiger charge is -2.66. The number of hydrogen-bond donors (Lipinski definition) is 0. The van der Waals surface area contributed by atoms with Gasteiger partial charge in [0, 0.05) is 24.7 Å². The monoisotopic (exact) mass is 486 g/mol. The summed E-state index contributed by atoms with van der Waals surface area (Å²) in [7, 11) is 0. The Morgan fingerprint density at radius 2 is 1.63 bits per heavy atom. The van der Waals surface area contributed by atoms with Crippen molar-refractivity contribution in [2.75, 3.05) is 0 Å². The summed E-state index contributed by atoms with van der Waals surface area (Å²) in [6.07, 6.45) is 11.5. The van der Waals surface area contributed by atoms with Gasteiger partial charge in [-0.25, -0.2) is 0 Å². The van der Waals surface area contributed by atoms with E-state index in [1.807, 2.05) is 0 Å². The van der Waals surface area contributed by atoms with E-state index >= 15 is 0 Å². The van der Waals surface area contributed by atoms with Crippen LogP contribution in [0.1, 0.15) is 127 Å². The molecular weight excluding hydrogens is 432 g/mol. The molecule has 4 saturated carbocycles. The highest BCUT2D eigenvalue weighted by atomic mass is 16.5. The number of carbonyl (C=O) groups is 2. The molecule has 0 saturated heterocycles. The molecule has 4 fully saturated rings. The van der Waals surface area contributed by atoms with Gasteiger partial charge >= 0.3 is 5.97 Å². The average Bonchev–Trinajstić information content (AvgIpc) is 3.00. The molecule has 0 radical (unpaired) electrons. The average molecular weight is 487 g/mol. The number of Topliss-reactive ketones (excluding diaryl/α,β-unsaturated/α-hetero) is 1. The third-order valence-corrected chi connectivity index (χ3v) is 12.6. The first-order valence-electron chi connectivity index (χ1n) is 14.9. The maximum absolute atomic E-state index is 14.2. The van der Waals surface area contributed by atoms with Crippen LogP contribution in [0.4, 0.5) is 0 Å². The summed E-state index contributed by atoms with van der Waals surface area (Å²) >= 11 is 0. The van der Waals surface area contributed by atoms with Crippen LogP contribution < -0.4 is 0 Å². The van der Waals surface area contributed by atoms with Crippen molar-refractivity contribution in [3.8, 4) is 0 Å². The fourth-order valence-corrected chi connectivity index (χ4v) is 10.7. The van der Waals surface area contributed by atoms with E-state index in [-0.39, 0.29) is 39.7 Å². The Kier molecular flexibility index (Phi) is 7.11. The molecule has 4 rings (SSSR count). The highest BCUT2D eigenvalue weighted by Gasteiger charge is 2.70. The fourth-order valence-electron chi connectivity index (χ4n) is 10.7. The van der Waals surface area contributed by atoms with Gasteiger partial charge in [0.05, 0.1) is 0 Å². The standard InChI is InChI=1S/C32H54O3/c1-20(2)11-10-12-21(3)23-15-18-31(8)24-13-14-26-29(5,6)27(35-22(4)33)16-17-30(26,7)28(24)25(34)19-32(23,31)9/h20-21,23-24,26-28H,10-19H2,1-9H3. The molecule has 0 aromatic heterocycles. The lowest BCUT2D eigenvalue weighted by molar-refractivity contribution is -0.207. The number of carbonyl (C=O) groups excluding carboxylic acids is 2. The predicted octanol–water partition coefficient (Wildman–Crippen LogP) is 8.24. The van der Waals surface area contributed by atoms with E-state index in [0.29, 0.717) is 29.5 Å². The largest absolute Gasteiger partial charge is 0.462 e. The molecule has 3 nitrogen and oxygen atoms in total. The van der Waals surface area contributed by atoms with Crippen LogP contribution in [0.5, 0.6) is 0 Å². The smallest absolute Gasteiger partial charge is 0.302 e. The number of esters is 1. The Hall–Kier alpha value is -0.860. The second-order valence-corrected chi connectivity index (χ2v) is 15.1. The van der Waals surface area contributed by atoms with Gasteiger partial charge in [-0.15, -0.1) is 0 Å². The van der Waals surface area contributed by atoms with Crippen molar-refractivity contribution in [3.05, 3.63) is 0 Å². The molecule has 0 aliphatic heterocycles. The third-order valence-electron chi connectivity index (χ3n) is 12.6. The normalized spacial score (nSPS) is 45.4. The second kappa shape index (κ2) is 9.16. The Labute approximate surface area is 215 Å². The number of rotatable bonds is 6. The summed E-state index contributed by atoms with van der Waals surface area (Å²) in [6.45, 7) is 20.8. The van der Waals surface area contributed by atoms with Crippen molar-refractivity contribution in [2.24, 2.45) is 57.2 Å². The van der Waals surface area contributed by atoms with Crippen molar-refractivity contribution < 1.29 is 14.3 Å². The highest BCUT2D eigenvalue weighted by molar-refractivity contribution is 5.84. The minimum absolute atomic E-state index is 0.0193. The van der Waals surface area contributed by atoms with Gasteiger partial charge in [-0.3, -0.25) is 9.59 Å². The molecule has 0 N–H and O–H groups in total. The van der Waals surface area contributed by atoms with Crippen LogP contribution in [-0.4, -0.2) is 17.9 Å². The van der Waals surface area contributed by atoms with Crippen molar-refractivity contribution in [1.29, 1.82) is 0 Å².